The molecule has 0 saturated carbocycles. The molecule has 1 aliphatic rings. The SMILES string of the molecule is Cc1cc(F)cc(CNc2ncc3n(c2=O)C(C(=O)NCc2cc(Cl)ccc2-n2cnnn2)CC3)c1. The Bertz CT molecular complexity index is 1470. The average Bonchev–Trinajstić information content (AvgIpc) is 3.52. The molecule has 1 aliphatic heterocycles. The summed E-state index contributed by atoms with van der Waals surface area (Å²) >= 11 is 6.16. The maximum Gasteiger partial charge on any atom is 0.294 e. The molecule has 2 aromatic carbocycles. The maximum absolute atomic E-state index is 13.7. The number of nitrogens with one attached hydrogen (secondary N) is 2. The van der Waals surface area contributed by atoms with Crippen LogP contribution in [-0.4, -0.2) is 35.7 Å². The highest BCUT2D eigenvalue weighted by Crippen LogP contribution is 2.25. The number of rotatable bonds is 7. The van der Waals surface area contributed by atoms with Crippen molar-refractivity contribution in [3.8, 4) is 5.69 Å². The summed E-state index contributed by atoms with van der Waals surface area (Å²) in [5.74, 6) is -0.530. The van der Waals surface area contributed by atoms with Gasteiger partial charge in [0, 0.05) is 30.0 Å². The summed E-state index contributed by atoms with van der Waals surface area (Å²) in [5, 5.41) is 17.6. The lowest BCUT2D eigenvalue weighted by atomic mass is 10.1. The molecule has 5 rings (SSSR count). The maximum atomic E-state index is 13.7. The number of fused-ring (bicyclic) bond motifs is 1. The normalized spacial score (nSPS) is 14.5. The summed E-state index contributed by atoms with van der Waals surface area (Å²) in [5.41, 5.74) is 3.16. The molecule has 0 aliphatic carbocycles. The van der Waals surface area contributed by atoms with Gasteiger partial charge in [0.25, 0.3) is 5.56 Å². The van der Waals surface area contributed by atoms with Crippen LogP contribution in [0.4, 0.5) is 10.2 Å². The topological polar surface area (TPSA) is 120 Å². The monoisotopic (exact) mass is 508 g/mol. The third kappa shape index (κ3) is 4.82. The van der Waals surface area contributed by atoms with Crippen molar-refractivity contribution < 1.29 is 9.18 Å². The first-order valence-electron chi connectivity index (χ1n) is 11.3. The van der Waals surface area contributed by atoms with Gasteiger partial charge in [-0.3, -0.25) is 14.2 Å². The van der Waals surface area contributed by atoms with Crippen molar-refractivity contribution in [1.82, 2.24) is 35.1 Å². The molecule has 0 bridgehead atoms. The van der Waals surface area contributed by atoms with Crippen molar-refractivity contribution >= 4 is 23.3 Å². The van der Waals surface area contributed by atoms with Crippen LogP contribution in [0.1, 0.15) is 34.8 Å². The Kier molecular flexibility index (Phi) is 6.47. The van der Waals surface area contributed by atoms with E-state index in [0.29, 0.717) is 34.8 Å². The van der Waals surface area contributed by atoms with E-state index in [-0.39, 0.29) is 30.6 Å². The highest BCUT2D eigenvalue weighted by Gasteiger charge is 2.30. The van der Waals surface area contributed by atoms with Crippen molar-refractivity contribution in [3.63, 3.8) is 0 Å². The predicted octanol–water partition coefficient (Wildman–Crippen LogP) is 2.74. The van der Waals surface area contributed by atoms with Gasteiger partial charge in [0.1, 0.15) is 18.2 Å². The van der Waals surface area contributed by atoms with E-state index in [4.69, 9.17) is 11.6 Å². The van der Waals surface area contributed by atoms with Gasteiger partial charge in [-0.15, -0.1) is 5.10 Å². The van der Waals surface area contributed by atoms with E-state index in [0.717, 1.165) is 11.1 Å². The largest absolute Gasteiger partial charge is 0.361 e. The minimum atomic E-state index is -0.678. The van der Waals surface area contributed by atoms with Gasteiger partial charge in [-0.05, 0) is 77.2 Å². The molecule has 4 aromatic rings. The molecule has 0 radical (unpaired) electrons. The van der Waals surface area contributed by atoms with Crippen LogP contribution in [0.2, 0.25) is 5.02 Å². The quantitative estimate of drug-likeness (QED) is 0.394. The molecule has 184 valence electrons. The first-order chi connectivity index (χ1) is 17.4. The van der Waals surface area contributed by atoms with Gasteiger partial charge < -0.3 is 10.6 Å². The summed E-state index contributed by atoms with van der Waals surface area (Å²) in [6, 6.07) is 9.20. The number of anilines is 1. The number of tetrazole rings is 1. The fourth-order valence-electron chi connectivity index (χ4n) is 4.40. The molecule has 12 heteroatoms. The molecule has 1 amide bonds. The first kappa shape index (κ1) is 23.6. The zero-order chi connectivity index (χ0) is 25.2. The number of hydrogen-bond acceptors (Lipinski definition) is 7. The van der Waals surface area contributed by atoms with Gasteiger partial charge in [-0.2, -0.15) is 0 Å². The number of aromatic nitrogens is 6. The molecule has 1 atom stereocenters. The predicted molar refractivity (Wildman–Crippen MR) is 130 cm³/mol. The minimum Gasteiger partial charge on any atom is -0.361 e. The molecule has 0 fully saturated rings. The molecule has 3 heterocycles. The Morgan fingerprint density at radius 3 is 2.86 bits per heavy atom. The molecular formula is C24H22ClFN8O2. The molecule has 1 unspecified atom stereocenters. The molecule has 0 saturated heterocycles. The Labute approximate surface area is 210 Å². The fraction of sp³-hybridized carbons (Fsp3) is 0.250. The highest BCUT2D eigenvalue weighted by atomic mass is 35.5. The number of halogens is 2. The third-order valence-electron chi connectivity index (χ3n) is 6.01. The Morgan fingerprint density at radius 2 is 2.08 bits per heavy atom. The zero-order valence-corrected chi connectivity index (χ0v) is 20.0. The number of nitrogens with zero attached hydrogens (tertiary/aromatic N) is 6. The lowest BCUT2D eigenvalue weighted by molar-refractivity contribution is -0.124. The fourth-order valence-corrected chi connectivity index (χ4v) is 4.60. The number of carbonyl (C=O) groups is 1. The molecular weight excluding hydrogens is 487 g/mol. The van der Waals surface area contributed by atoms with E-state index in [2.05, 4.69) is 31.1 Å². The van der Waals surface area contributed by atoms with Gasteiger partial charge in [-0.1, -0.05) is 17.7 Å². The van der Waals surface area contributed by atoms with Crippen LogP contribution >= 0.6 is 11.6 Å². The van der Waals surface area contributed by atoms with Crippen molar-refractivity contribution in [2.75, 3.05) is 5.32 Å². The Balaban J connectivity index is 1.32. The first-order valence-corrected chi connectivity index (χ1v) is 11.7. The van der Waals surface area contributed by atoms with Crippen LogP contribution in [-0.2, 0) is 24.3 Å². The second kappa shape index (κ2) is 9.86. The second-order valence-electron chi connectivity index (χ2n) is 8.56. The van der Waals surface area contributed by atoms with Crippen LogP contribution in [0, 0.1) is 12.7 Å². The summed E-state index contributed by atoms with van der Waals surface area (Å²) in [6.07, 6.45) is 4.08. The number of benzene rings is 2. The Morgan fingerprint density at radius 1 is 1.22 bits per heavy atom. The number of aryl methyl sites for hydroxylation is 2. The standard InChI is InChI=1S/C24H22ClFN8O2/c1-14-6-15(8-18(26)7-14)10-27-22-24(36)34-19(12-28-22)3-5-21(34)23(35)29-11-16-9-17(25)2-4-20(16)33-13-30-31-32-33/h2,4,6-9,12-13,21H,3,5,10-11H2,1H3,(H,27,28)(H,29,35). The number of amides is 1. The average molecular weight is 509 g/mol. The van der Waals surface area contributed by atoms with Crippen molar-refractivity contribution in [1.29, 1.82) is 0 Å². The summed E-state index contributed by atoms with van der Waals surface area (Å²) in [6.45, 7) is 2.20. The smallest absolute Gasteiger partial charge is 0.294 e. The molecule has 2 N–H and O–H groups in total. The third-order valence-corrected chi connectivity index (χ3v) is 6.25. The lowest BCUT2D eigenvalue weighted by Gasteiger charge is -2.17. The summed E-state index contributed by atoms with van der Waals surface area (Å²) < 4.78 is 16.7. The van der Waals surface area contributed by atoms with Gasteiger partial charge in [0.2, 0.25) is 5.91 Å². The molecule has 10 nitrogen and oxygen atoms in total. The van der Waals surface area contributed by atoms with E-state index < -0.39 is 11.6 Å². The Hall–Kier alpha value is -4.12. The van der Waals surface area contributed by atoms with E-state index in [1.807, 2.05) is 6.07 Å². The second-order valence-corrected chi connectivity index (χ2v) is 9.00. The highest BCUT2D eigenvalue weighted by molar-refractivity contribution is 6.30. The van der Waals surface area contributed by atoms with E-state index >= 15 is 0 Å². The minimum absolute atomic E-state index is 0.108. The molecule has 2 aromatic heterocycles. The zero-order valence-electron chi connectivity index (χ0n) is 19.3. The van der Waals surface area contributed by atoms with Crippen molar-refractivity contribution in [2.24, 2.45) is 0 Å². The van der Waals surface area contributed by atoms with E-state index in [1.54, 1.807) is 31.3 Å². The van der Waals surface area contributed by atoms with Crippen LogP contribution in [0.25, 0.3) is 5.69 Å². The summed E-state index contributed by atoms with van der Waals surface area (Å²) in [4.78, 5) is 30.6. The number of hydrogen-bond donors (Lipinski definition) is 2. The van der Waals surface area contributed by atoms with E-state index in [1.165, 1.54) is 27.7 Å². The van der Waals surface area contributed by atoms with E-state index in [9.17, 15) is 14.0 Å². The van der Waals surface area contributed by atoms with Gasteiger partial charge in [0.15, 0.2) is 5.82 Å². The van der Waals surface area contributed by atoms with Crippen molar-refractivity contribution in [3.05, 3.63) is 92.5 Å². The van der Waals surface area contributed by atoms with Gasteiger partial charge in [-0.25, -0.2) is 14.1 Å². The van der Waals surface area contributed by atoms with Gasteiger partial charge >= 0.3 is 0 Å². The number of carbonyl (C=O) groups excluding carboxylic acids is 1. The molecule has 36 heavy (non-hydrogen) atoms. The van der Waals surface area contributed by atoms with Crippen LogP contribution in [0.15, 0.2) is 53.7 Å². The molecule has 0 spiro atoms. The van der Waals surface area contributed by atoms with Crippen LogP contribution in [0.3, 0.4) is 0 Å². The van der Waals surface area contributed by atoms with Crippen LogP contribution < -0.4 is 16.2 Å². The van der Waals surface area contributed by atoms with Crippen molar-refractivity contribution in [2.45, 2.75) is 38.9 Å². The van der Waals surface area contributed by atoms with Crippen LogP contribution in [0.5, 0.6) is 0 Å². The summed E-state index contributed by atoms with van der Waals surface area (Å²) in [7, 11) is 0. The van der Waals surface area contributed by atoms with Gasteiger partial charge in [0.05, 0.1) is 5.69 Å². The lowest BCUT2D eigenvalue weighted by Crippen LogP contribution is -2.36.